The van der Waals surface area contributed by atoms with Crippen molar-refractivity contribution in [3.05, 3.63) is 41.9 Å². The maximum absolute atomic E-state index is 12.4. The molecule has 2 aromatic rings. The third kappa shape index (κ3) is 4.51. The van der Waals surface area contributed by atoms with Crippen LogP contribution < -0.4 is 10.0 Å². The van der Waals surface area contributed by atoms with Gasteiger partial charge in [0.05, 0.1) is 4.90 Å². The lowest BCUT2D eigenvalue weighted by atomic mass is 10.2. The maximum atomic E-state index is 12.4. The van der Waals surface area contributed by atoms with Gasteiger partial charge in [0, 0.05) is 23.4 Å². The Hall–Kier alpha value is -2.48. The number of rotatable bonds is 5. The molecule has 0 fully saturated rings. The van der Waals surface area contributed by atoms with Crippen molar-refractivity contribution in [1.82, 2.24) is 9.97 Å². The van der Waals surface area contributed by atoms with Crippen LogP contribution in [0, 0.1) is 19.8 Å². The van der Waals surface area contributed by atoms with Gasteiger partial charge in [-0.15, -0.1) is 0 Å². The van der Waals surface area contributed by atoms with E-state index < -0.39 is 10.0 Å². The van der Waals surface area contributed by atoms with Gasteiger partial charge in [-0.1, -0.05) is 13.8 Å². The van der Waals surface area contributed by atoms with E-state index >= 15 is 0 Å². The van der Waals surface area contributed by atoms with Crippen molar-refractivity contribution in [3.8, 4) is 0 Å². The van der Waals surface area contributed by atoms with Gasteiger partial charge in [-0.2, -0.15) is 0 Å². The van der Waals surface area contributed by atoms with E-state index in [2.05, 4.69) is 20.0 Å². The number of nitrogens with zero attached hydrogens (tertiary/aromatic N) is 2. The molecule has 1 aromatic carbocycles. The molecule has 1 heterocycles. The largest absolute Gasteiger partial charge is 0.326 e. The van der Waals surface area contributed by atoms with E-state index in [1.165, 1.54) is 12.1 Å². The van der Waals surface area contributed by atoms with Gasteiger partial charge in [0.15, 0.2) is 0 Å². The molecule has 0 aliphatic carbocycles. The second-order valence-corrected chi connectivity index (χ2v) is 7.40. The minimum atomic E-state index is -3.76. The molecule has 0 saturated heterocycles. The molecule has 0 bridgehead atoms. The standard InChI is InChI=1S/C16H20N4O3S/c1-10(2)16(21)19-13-5-7-14(8-6-13)24(22,23)20-15-9-11(3)17-12(4)18-15/h5-10H,1-4H3,(H,19,21)(H,17,18,20). The number of aromatic nitrogens is 2. The van der Waals surface area contributed by atoms with Crippen molar-refractivity contribution >= 4 is 27.4 Å². The molecule has 0 aliphatic rings. The summed E-state index contributed by atoms with van der Waals surface area (Å²) in [7, 11) is -3.76. The Labute approximate surface area is 141 Å². The number of carbonyl (C=O) groups is 1. The van der Waals surface area contributed by atoms with Crippen LogP contribution in [0.4, 0.5) is 11.5 Å². The number of sulfonamides is 1. The first-order chi connectivity index (χ1) is 11.2. The molecule has 2 N–H and O–H groups in total. The van der Waals surface area contributed by atoms with Gasteiger partial charge in [-0.3, -0.25) is 9.52 Å². The van der Waals surface area contributed by atoms with Gasteiger partial charge in [-0.25, -0.2) is 18.4 Å². The molecule has 24 heavy (non-hydrogen) atoms. The van der Waals surface area contributed by atoms with Gasteiger partial charge in [-0.05, 0) is 38.1 Å². The Balaban J connectivity index is 2.19. The van der Waals surface area contributed by atoms with Crippen molar-refractivity contribution in [2.75, 3.05) is 10.0 Å². The van der Waals surface area contributed by atoms with Crippen molar-refractivity contribution < 1.29 is 13.2 Å². The topological polar surface area (TPSA) is 101 Å². The van der Waals surface area contributed by atoms with Crippen molar-refractivity contribution in [1.29, 1.82) is 0 Å². The molecule has 1 amide bonds. The van der Waals surface area contributed by atoms with Gasteiger partial charge >= 0.3 is 0 Å². The van der Waals surface area contributed by atoms with Crippen LogP contribution in [0.15, 0.2) is 35.2 Å². The highest BCUT2D eigenvalue weighted by Crippen LogP contribution is 2.18. The Morgan fingerprint density at radius 2 is 1.71 bits per heavy atom. The summed E-state index contributed by atoms with van der Waals surface area (Å²) in [5, 5.41) is 2.71. The summed E-state index contributed by atoms with van der Waals surface area (Å²) in [5.41, 5.74) is 1.22. The zero-order chi connectivity index (χ0) is 17.9. The molecule has 128 valence electrons. The number of hydrogen-bond acceptors (Lipinski definition) is 5. The zero-order valence-electron chi connectivity index (χ0n) is 14.0. The molecule has 1 aromatic heterocycles. The van der Waals surface area contributed by atoms with Crippen molar-refractivity contribution in [2.24, 2.45) is 5.92 Å². The van der Waals surface area contributed by atoms with Gasteiger partial charge < -0.3 is 5.32 Å². The summed E-state index contributed by atoms with van der Waals surface area (Å²) < 4.78 is 27.2. The normalized spacial score (nSPS) is 11.4. The molecule has 0 atom stereocenters. The SMILES string of the molecule is Cc1cc(NS(=O)(=O)c2ccc(NC(=O)C(C)C)cc2)nc(C)n1. The highest BCUT2D eigenvalue weighted by atomic mass is 32.2. The van der Waals surface area contributed by atoms with Crippen LogP contribution in [0.3, 0.4) is 0 Å². The number of hydrogen-bond donors (Lipinski definition) is 2. The molecule has 7 nitrogen and oxygen atoms in total. The molecule has 2 rings (SSSR count). The van der Waals surface area contributed by atoms with Gasteiger partial charge in [0.1, 0.15) is 11.6 Å². The third-order valence-corrected chi connectivity index (χ3v) is 4.53. The van der Waals surface area contributed by atoms with E-state index in [9.17, 15) is 13.2 Å². The first kappa shape index (κ1) is 17.9. The Kier molecular flexibility index (Phi) is 5.18. The van der Waals surface area contributed by atoms with Crippen LogP contribution in [-0.4, -0.2) is 24.3 Å². The van der Waals surface area contributed by atoms with Crippen LogP contribution in [0.5, 0.6) is 0 Å². The molecule has 0 spiro atoms. The predicted octanol–water partition coefficient (Wildman–Crippen LogP) is 2.49. The van der Waals surface area contributed by atoms with E-state index in [1.807, 2.05) is 0 Å². The summed E-state index contributed by atoms with van der Waals surface area (Å²) in [6, 6.07) is 7.51. The quantitative estimate of drug-likeness (QED) is 0.864. The second kappa shape index (κ2) is 6.96. The molecule has 8 heteroatoms. The average molecular weight is 348 g/mol. The molecular formula is C16H20N4O3S. The highest BCUT2D eigenvalue weighted by molar-refractivity contribution is 7.92. The number of aryl methyl sites for hydroxylation is 2. The fourth-order valence-electron chi connectivity index (χ4n) is 1.97. The second-order valence-electron chi connectivity index (χ2n) is 5.72. The summed E-state index contributed by atoms with van der Waals surface area (Å²) >= 11 is 0. The number of carbonyl (C=O) groups excluding carboxylic acids is 1. The average Bonchev–Trinajstić information content (AvgIpc) is 2.46. The Morgan fingerprint density at radius 3 is 2.25 bits per heavy atom. The predicted molar refractivity (Wildman–Crippen MR) is 92.2 cm³/mol. The highest BCUT2D eigenvalue weighted by Gasteiger charge is 2.16. The first-order valence-electron chi connectivity index (χ1n) is 7.43. The smallest absolute Gasteiger partial charge is 0.263 e. The molecular weight excluding hydrogens is 328 g/mol. The third-order valence-electron chi connectivity index (χ3n) is 3.16. The van der Waals surface area contributed by atoms with Crippen LogP contribution >= 0.6 is 0 Å². The summed E-state index contributed by atoms with van der Waals surface area (Å²) in [6.45, 7) is 7.02. The van der Waals surface area contributed by atoms with E-state index in [0.29, 0.717) is 17.2 Å². The zero-order valence-corrected chi connectivity index (χ0v) is 14.8. The fourth-order valence-corrected chi connectivity index (χ4v) is 2.96. The van der Waals surface area contributed by atoms with Gasteiger partial charge in [0.2, 0.25) is 5.91 Å². The number of anilines is 2. The van der Waals surface area contributed by atoms with E-state index in [1.54, 1.807) is 45.9 Å². The minimum Gasteiger partial charge on any atom is -0.326 e. The summed E-state index contributed by atoms with van der Waals surface area (Å²) in [4.78, 5) is 19.9. The molecule has 0 unspecified atom stereocenters. The van der Waals surface area contributed by atoms with E-state index in [-0.39, 0.29) is 22.5 Å². The minimum absolute atomic E-state index is 0.0824. The van der Waals surface area contributed by atoms with E-state index in [0.717, 1.165) is 0 Å². The molecule has 0 radical (unpaired) electrons. The lowest BCUT2D eigenvalue weighted by Gasteiger charge is -2.10. The van der Waals surface area contributed by atoms with Crippen LogP contribution in [-0.2, 0) is 14.8 Å². The lowest BCUT2D eigenvalue weighted by Crippen LogP contribution is -2.18. The maximum Gasteiger partial charge on any atom is 0.263 e. The first-order valence-corrected chi connectivity index (χ1v) is 8.92. The fraction of sp³-hybridized carbons (Fsp3) is 0.312. The van der Waals surface area contributed by atoms with Crippen molar-refractivity contribution in [2.45, 2.75) is 32.6 Å². The number of amides is 1. The molecule has 0 aliphatic heterocycles. The van der Waals surface area contributed by atoms with E-state index in [4.69, 9.17) is 0 Å². The van der Waals surface area contributed by atoms with Crippen LogP contribution in [0.1, 0.15) is 25.4 Å². The Bertz CT molecular complexity index is 826. The Morgan fingerprint density at radius 1 is 1.08 bits per heavy atom. The van der Waals surface area contributed by atoms with Crippen LogP contribution in [0.25, 0.3) is 0 Å². The van der Waals surface area contributed by atoms with Crippen LogP contribution in [0.2, 0.25) is 0 Å². The lowest BCUT2D eigenvalue weighted by molar-refractivity contribution is -0.118. The number of nitrogens with one attached hydrogen (secondary N) is 2. The monoisotopic (exact) mass is 348 g/mol. The van der Waals surface area contributed by atoms with Crippen molar-refractivity contribution in [3.63, 3.8) is 0 Å². The summed E-state index contributed by atoms with van der Waals surface area (Å²) in [6.07, 6.45) is 0. The molecule has 0 saturated carbocycles. The van der Waals surface area contributed by atoms with Gasteiger partial charge in [0.25, 0.3) is 10.0 Å². The number of benzene rings is 1. The summed E-state index contributed by atoms with van der Waals surface area (Å²) in [5.74, 6) is 0.423.